The van der Waals surface area contributed by atoms with Crippen molar-refractivity contribution in [2.75, 3.05) is 19.5 Å². The summed E-state index contributed by atoms with van der Waals surface area (Å²) in [6.45, 7) is 1.84. The maximum Gasteiger partial charge on any atom is 0.264 e. The third-order valence-electron chi connectivity index (χ3n) is 5.18. The summed E-state index contributed by atoms with van der Waals surface area (Å²) in [4.78, 5) is 30.0. The van der Waals surface area contributed by atoms with Crippen LogP contribution in [0.3, 0.4) is 0 Å². The second-order valence-corrected chi connectivity index (χ2v) is 7.25. The number of hydrogen-bond donors (Lipinski definition) is 1. The van der Waals surface area contributed by atoms with Crippen LogP contribution >= 0.6 is 0 Å². The smallest absolute Gasteiger partial charge is 0.264 e. The number of fused-ring (bicyclic) bond motifs is 1. The molecule has 1 amide bonds. The molecule has 0 bridgehead atoms. The lowest BCUT2D eigenvalue weighted by Crippen LogP contribution is -2.26. The summed E-state index contributed by atoms with van der Waals surface area (Å²) >= 11 is 0. The molecule has 4 aromatic rings. The molecule has 0 aliphatic rings. The number of carbonyl (C=O) groups is 1. The Morgan fingerprint density at radius 2 is 1.82 bits per heavy atom. The molecule has 9 nitrogen and oxygen atoms in total. The van der Waals surface area contributed by atoms with Crippen LogP contribution in [0.1, 0.15) is 12.2 Å². The Labute approximate surface area is 188 Å². The van der Waals surface area contributed by atoms with Gasteiger partial charge in [0.15, 0.2) is 17.1 Å². The quantitative estimate of drug-likeness (QED) is 0.464. The normalized spacial score (nSPS) is 10.9. The molecule has 170 valence electrons. The largest absolute Gasteiger partial charge is 0.493 e. The van der Waals surface area contributed by atoms with E-state index in [9.17, 15) is 14.0 Å². The lowest BCUT2D eigenvalue weighted by atomic mass is 10.2. The number of nitrogens with one attached hydrogen (secondary N) is 1. The fraction of sp³-hybridized carbons (Fsp3) is 0.217. The summed E-state index contributed by atoms with van der Waals surface area (Å²) in [6.07, 6.45) is 1.49. The molecule has 2 heterocycles. The van der Waals surface area contributed by atoms with Crippen LogP contribution < -0.4 is 20.3 Å². The lowest BCUT2D eigenvalue weighted by molar-refractivity contribution is -0.116. The summed E-state index contributed by atoms with van der Waals surface area (Å²) in [6, 6.07) is 10.8. The maximum atomic E-state index is 13.2. The van der Waals surface area contributed by atoms with Crippen LogP contribution in [0.5, 0.6) is 11.5 Å². The number of hydrogen-bond acceptors (Lipinski definition) is 6. The van der Waals surface area contributed by atoms with Crippen molar-refractivity contribution in [2.45, 2.75) is 19.9 Å². The zero-order valence-corrected chi connectivity index (χ0v) is 18.3. The van der Waals surface area contributed by atoms with Crippen molar-refractivity contribution in [1.29, 1.82) is 0 Å². The van der Waals surface area contributed by atoms with Crippen LogP contribution in [-0.2, 0) is 11.3 Å². The minimum Gasteiger partial charge on any atom is -0.493 e. The molecule has 33 heavy (non-hydrogen) atoms. The predicted molar refractivity (Wildman–Crippen MR) is 121 cm³/mol. The third-order valence-corrected chi connectivity index (χ3v) is 5.18. The summed E-state index contributed by atoms with van der Waals surface area (Å²) in [7, 11) is 3.05. The summed E-state index contributed by atoms with van der Waals surface area (Å²) in [5, 5.41) is 7.33. The van der Waals surface area contributed by atoms with Crippen molar-refractivity contribution in [2.24, 2.45) is 0 Å². The third kappa shape index (κ3) is 4.40. The number of aryl methyl sites for hydroxylation is 1. The van der Waals surface area contributed by atoms with E-state index in [-0.39, 0.29) is 30.2 Å². The molecular weight excluding hydrogens is 429 g/mol. The molecule has 2 aromatic heterocycles. The molecule has 1 N–H and O–H groups in total. The average Bonchev–Trinajstić information content (AvgIpc) is 3.23. The molecule has 0 radical (unpaired) electrons. The number of amides is 1. The number of rotatable bonds is 7. The first kappa shape index (κ1) is 22.0. The van der Waals surface area contributed by atoms with E-state index in [0.717, 1.165) is 0 Å². The van der Waals surface area contributed by atoms with Crippen LogP contribution in [-0.4, -0.2) is 39.5 Å². The number of carbonyl (C=O) groups excluding carboxylic acids is 1. The summed E-state index contributed by atoms with van der Waals surface area (Å²) < 4.78 is 26.6. The van der Waals surface area contributed by atoms with Gasteiger partial charge in [-0.3, -0.25) is 14.2 Å². The molecule has 0 saturated heterocycles. The molecule has 4 rings (SSSR count). The van der Waals surface area contributed by atoms with E-state index in [1.165, 1.54) is 41.8 Å². The molecule has 0 unspecified atom stereocenters. The molecule has 0 aliphatic heterocycles. The molecular formula is C23H22FN5O4. The molecule has 0 fully saturated rings. The Kier molecular flexibility index (Phi) is 6.07. The number of aromatic nitrogens is 4. The van der Waals surface area contributed by atoms with Gasteiger partial charge in [-0.2, -0.15) is 5.10 Å². The first-order chi connectivity index (χ1) is 15.9. The topological polar surface area (TPSA) is 100 Å². The van der Waals surface area contributed by atoms with Crippen LogP contribution in [0.15, 0.2) is 53.5 Å². The van der Waals surface area contributed by atoms with Gasteiger partial charge >= 0.3 is 0 Å². The highest BCUT2D eigenvalue weighted by Gasteiger charge is 2.15. The highest BCUT2D eigenvalue weighted by molar-refractivity contribution is 5.91. The van der Waals surface area contributed by atoms with Crippen LogP contribution in [0, 0.1) is 12.7 Å². The van der Waals surface area contributed by atoms with Crippen molar-refractivity contribution in [1.82, 2.24) is 19.3 Å². The Morgan fingerprint density at radius 1 is 1.09 bits per heavy atom. The van der Waals surface area contributed by atoms with Gasteiger partial charge in [-0.25, -0.2) is 14.1 Å². The van der Waals surface area contributed by atoms with Crippen molar-refractivity contribution < 1.29 is 18.7 Å². The van der Waals surface area contributed by atoms with E-state index >= 15 is 0 Å². The average molecular weight is 451 g/mol. The zero-order chi connectivity index (χ0) is 23.5. The number of benzene rings is 2. The monoisotopic (exact) mass is 451 g/mol. The predicted octanol–water partition coefficient (Wildman–Crippen LogP) is 3.08. The fourth-order valence-electron chi connectivity index (χ4n) is 3.49. The van der Waals surface area contributed by atoms with Gasteiger partial charge in [0, 0.05) is 24.7 Å². The van der Waals surface area contributed by atoms with E-state index in [0.29, 0.717) is 39.7 Å². The van der Waals surface area contributed by atoms with Crippen molar-refractivity contribution >= 4 is 22.6 Å². The summed E-state index contributed by atoms with van der Waals surface area (Å²) in [5.41, 5.74) is 1.21. The zero-order valence-electron chi connectivity index (χ0n) is 18.3. The van der Waals surface area contributed by atoms with Gasteiger partial charge in [0.1, 0.15) is 17.0 Å². The number of ether oxygens (including phenoxy) is 2. The van der Waals surface area contributed by atoms with Gasteiger partial charge in [0.25, 0.3) is 5.56 Å². The van der Waals surface area contributed by atoms with E-state index in [1.807, 2.05) is 0 Å². The Hall–Kier alpha value is -4.21. The lowest BCUT2D eigenvalue weighted by Gasteiger charge is -2.12. The van der Waals surface area contributed by atoms with Gasteiger partial charge in [-0.05, 0) is 43.3 Å². The number of halogens is 1. The van der Waals surface area contributed by atoms with Crippen LogP contribution in [0.2, 0.25) is 0 Å². The highest BCUT2D eigenvalue weighted by Crippen LogP contribution is 2.29. The fourth-order valence-corrected chi connectivity index (χ4v) is 3.49. The van der Waals surface area contributed by atoms with E-state index in [1.54, 1.807) is 37.3 Å². The standard InChI is InChI=1S/C23H22FN5O4/c1-14-26-22-18(13-25-29(22)17-7-4-15(24)5-8-17)23(31)28(14)11-10-21(30)27-16-6-9-19(32-2)20(12-16)33-3/h4-9,12-13H,10-11H2,1-3H3,(H,27,30). The van der Waals surface area contributed by atoms with Gasteiger partial charge in [0.05, 0.1) is 26.1 Å². The van der Waals surface area contributed by atoms with Crippen molar-refractivity contribution in [3.05, 3.63) is 70.7 Å². The van der Waals surface area contributed by atoms with Crippen molar-refractivity contribution in [3.63, 3.8) is 0 Å². The maximum absolute atomic E-state index is 13.2. The number of anilines is 1. The Bertz CT molecular complexity index is 1380. The van der Waals surface area contributed by atoms with Gasteiger partial charge in [-0.15, -0.1) is 0 Å². The number of nitrogens with zero attached hydrogens (tertiary/aromatic N) is 4. The summed E-state index contributed by atoms with van der Waals surface area (Å²) in [5.74, 6) is 0.854. The van der Waals surface area contributed by atoms with Crippen molar-refractivity contribution in [3.8, 4) is 17.2 Å². The van der Waals surface area contributed by atoms with E-state index in [4.69, 9.17) is 9.47 Å². The Morgan fingerprint density at radius 3 is 2.52 bits per heavy atom. The molecule has 2 aromatic carbocycles. The minimum absolute atomic E-state index is 0.0639. The van der Waals surface area contributed by atoms with E-state index in [2.05, 4.69) is 15.4 Å². The minimum atomic E-state index is -0.368. The molecule has 10 heteroatoms. The SMILES string of the molecule is COc1ccc(NC(=O)CCn2c(C)nc3c(cnn3-c3ccc(F)cc3)c2=O)cc1OC. The van der Waals surface area contributed by atoms with Gasteiger partial charge in [0.2, 0.25) is 5.91 Å². The Balaban J connectivity index is 1.53. The second-order valence-electron chi connectivity index (χ2n) is 7.25. The molecule has 0 spiro atoms. The first-order valence-electron chi connectivity index (χ1n) is 10.1. The first-order valence-corrected chi connectivity index (χ1v) is 10.1. The second kappa shape index (κ2) is 9.11. The van der Waals surface area contributed by atoms with E-state index < -0.39 is 0 Å². The number of methoxy groups -OCH3 is 2. The molecule has 0 saturated carbocycles. The highest BCUT2D eigenvalue weighted by atomic mass is 19.1. The molecule has 0 aliphatic carbocycles. The molecule has 0 atom stereocenters. The van der Waals surface area contributed by atoms with Gasteiger partial charge < -0.3 is 14.8 Å². The van der Waals surface area contributed by atoms with Gasteiger partial charge in [-0.1, -0.05) is 0 Å². The van der Waals surface area contributed by atoms with Crippen LogP contribution in [0.4, 0.5) is 10.1 Å². The van der Waals surface area contributed by atoms with Crippen LogP contribution in [0.25, 0.3) is 16.7 Å².